The van der Waals surface area contributed by atoms with Crippen molar-refractivity contribution >= 4 is 27.8 Å². The van der Waals surface area contributed by atoms with E-state index in [-0.39, 0.29) is 5.56 Å². The molecule has 0 fully saturated rings. The second-order valence-corrected chi connectivity index (χ2v) is 3.57. The van der Waals surface area contributed by atoms with E-state index in [4.69, 9.17) is 5.11 Å². The molecule has 0 spiro atoms. The van der Waals surface area contributed by atoms with Crippen LogP contribution in [0.1, 0.15) is 10.4 Å². The van der Waals surface area contributed by atoms with Crippen LogP contribution in [0.2, 0.25) is 0 Å². The molecule has 0 saturated carbocycles. The zero-order chi connectivity index (χ0) is 11.1. The Kier molecular flexibility index (Phi) is 1.71. The van der Waals surface area contributed by atoms with Gasteiger partial charge in [-0.15, -0.1) is 0 Å². The number of carboxylic acid groups (broad SMARTS) is 1. The lowest BCUT2D eigenvalue weighted by Gasteiger charge is -1.99. The number of carbonyl (C=O) groups is 1. The Balaban J connectivity index is 2.49. The van der Waals surface area contributed by atoms with Gasteiger partial charge in [-0.2, -0.15) is 0 Å². The van der Waals surface area contributed by atoms with E-state index in [0.717, 1.165) is 10.9 Å². The summed E-state index contributed by atoms with van der Waals surface area (Å²) in [6, 6.07) is 7.54. The molecule has 0 aliphatic rings. The highest BCUT2D eigenvalue weighted by molar-refractivity contribution is 6.11. The first-order valence-electron chi connectivity index (χ1n) is 4.85. The fourth-order valence-corrected chi connectivity index (χ4v) is 1.90. The average Bonchev–Trinajstić information content (AvgIpc) is 2.73. The van der Waals surface area contributed by atoms with Gasteiger partial charge >= 0.3 is 5.97 Å². The van der Waals surface area contributed by atoms with Gasteiger partial charge in [0.05, 0.1) is 16.6 Å². The quantitative estimate of drug-likeness (QED) is 0.651. The molecule has 0 bridgehead atoms. The highest BCUT2D eigenvalue weighted by atomic mass is 16.4. The predicted octanol–water partition coefficient (Wildman–Crippen LogP) is 2.41. The number of fused-ring (bicyclic) bond motifs is 3. The van der Waals surface area contributed by atoms with Crippen molar-refractivity contribution in [1.82, 2.24) is 9.97 Å². The summed E-state index contributed by atoms with van der Waals surface area (Å²) in [7, 11) is 0. The Morgan fingerprint density at radius 2 is 2.19 bits per heavy atom. The van der Waals surface area contributed by atoms with Crippen LogP contribution in [0.15, 0.2) is 36.7 Å². The molecule has 3 aromatic rings. The Morgan fingerprint density at radius 3 is 3.00 bits per heavy atom. The lowest BCUT2D eigenvalue weighted by molar-refractivity contribution is 0.0699. The topological polar surface area (TPSA) is 66.0 Å². The van der Waals surface area contributed by atoms with Crippen LogP contribution < -0.4 is 0 Å². The molecule has 3 rings (SSSR count). The minimum Gasteiger partial charge on any atom is -0.478 e. The summed E-state index contributed by atoms with van der Waals surface area (Å²) in [4.78, 5) is 18.2. The summed E-state index contributed by atoms with van der Waals surface area (Å²) < 4.78 is 0. The van der Waals surface area contributed by atoms with E-state index in [1.807, 2.05) is 18.2 Å². The first-order chi connectivity index (χ1) is 7.77. The monoisotopic (exact) mass is 212 g/mol. The molecule has 1 aromatic carbocycles. The maximum atomic E-state index is 11.0. The number of nitrogens with one attached hydrogen (secondary N) is 1. The van der Waals surface area contributed by atoms with Crippen LogP contribution in [0.4, 0.5) is 0 Å². The lowest BCUT2D eigenvalue weighted by Crippen LogP contribution is -1.93. The molecule has 0 aliphatic heterocycles. The lowest BCUT2D eigenvalue weighted by atomic mass is 10.1. The number of pyridine rings is 1. The van der Waals surface area contributed by atoms with Gasteiger partial charge in [-0.1, -0.05) is 18.2 Å². The van der Waals surface area contributed by atoms with Gasteiger partial charge in [-0.05, 0) is 6.07 Å². The van der Waals surface area contributed by atoms with Crippen LogP contribution >= 0.6 is 0 Å². The zero-order valence-corrected chi connectivity index (χ0v) is 8.27. The summed E-state index contributed by atoms with van der Waals surface area (Å²) in [5.41, 5.74) is 1.82. The van der Waals surface area contributed by atoms with E-state index in [1.165, 1.54) is 6.20 Å². The smallest absolute Gasteiger partial charge is 0.337 e. The number of hydrogen-bond donors (Lipinski definition) is 2. The Morgan fingerprint density at radius 1 is 1.31 bits per heavy atom. The maximum Gasteiger partial charge on any atom is 0.337 e. The second-order valence-electron chi connectivity index (χ2n) is 3.57. The van der Waals surface area contributed by atoms with Crippen LogP contribution in [0.5, 0.6) is 0 Å². The number of aromatic nitrogens is 2. The van der Waals surface area contributed by atoms with Crippen LogP contribution in [0.3, 0.4) is 0 Å². The number of aromatic amines is 1. The molecule has 2 aromatic heterocycles. The number of rotatable bonds is 1. The predicted molar refractivity (Wildman–Crippen MR) is 60.6 cm³/mol. The van der Waals surface area contributed by atoms with E-state index in [1.54, 1.807) is 12.3 Å². The van der Waals surface area contributed by atoms with Crippen molar-refractivity contribution in [2.75, 3.05) is 0 Å². The van der Waals surface area contributed by atoms with Crippen LogP contribution in [-0.4, -0.2) is 21.0 Å². The van der Waals surface area contributed by atoms with Crippen molar-refractivity contribution in [1.29, 1.82) is 0 Å². The highest BCUT2D eigenvalue weighted by Gasteiger charge is 2.12. The van der Waals surface area contributed by atoms with Crippen molar-refractivity contribution in [3.8, 4) is 0 Å². The Bertz CT molecular complexity index is 700. The molecular formula is C12H8N2O2. The molecule has 0 amide bonds. The molecule has 0 atom stereocenters. The molecule has 4 nitrogen and oxygen atoms in total. The minimum atomic E-state index is -0.946. The normalized spacial score (nSPS) is 11.0. The van der Waals surface area contributed by atoms with E-state index in [2.05, 4.69) is 9.97 Å². The van der Waals surface area contributed by atoms with Crippen LogP contribution in [0.25, 0.3) is 21.8 Å². The second kappa shape index (κ2) is 3.06. The van der Waals surface area contributed by atoms with Gasteiger partial charge in [0.1, 0.15) is 0 Å². The van der Waals surface area contributed by atoms with Gasteiger partial charge in [0.15, 0.2) is 0 Å². The molecule has 16 heavy (non-hydrogen) atoms. The molecule has 0 radical (unpaired) electrons. The maximum absolute atomic E-state index is 11.0. The van der Waals surface area contributed by atoms with E-state index in [0.29, 0.717) is 10.9 Å². The number of hydrogen-bond acceptors (Lipinski definition) is 2. The average molecular weight is 212 g/mol. The Hall–Kier alpha value is -2.36. The summed E-state index contributed by atoms with van der Waals surface area (Å²) in [5.74, 6) is -0.946. The molecule has 0 aliphatic carbocycles. The van der Waals surface area contributed by atoms with E-state index in [9.17, 15) is 4.79 Å². The van der Waals surface area contributed by atoms with Gasteiger partial charge < -0.3 is 10.1 Å². The molecule has 2 N–H and O–H groups in total. The number of nitrogens with zero attached hydrogens (tertiary/aromatic N) is 1. The van der Waals surface area contributed by atoms with Crippen molar-refractivity contribution in [3.05, 3.63) is 42.2 Å². The first-order valence-corrected chi connectivity index (χ1v) is 4.85. The summed E-state index contributed by atoms with van der Waals surface area (Å²) in [6.07, 6.45) is 3.20. The standard InChI is InChI=1S/C12H8N2O2/c15-12(16)9-6-14-11-8(9)4-3-7-2-1-5-13-10(7)11/h1-6,13H,(H,15,16). The van der Waals surface area contributed by atoms with E-state index < -0.39 is 5.97 Å². The SMILES string of the molecule is O=C(O)c1cnc2c1ccc1ccc[nH]c12. The third kappa shape index (κ3) is 1.10. The largest absolute Gasteiger partial charge is 0.478 e. The number of carboxylic acids is 1. The summed E-state index contributed by atoms with van der Waals surface area (Å²) in [6.45, 7) is 0. The van der Waals surface area contributed by atoms with Crippen molar-refractivity contribution in [2.45, 2.75) is 0 Å². The number of benzene rings is 1. The molecular weight excluding hydrogens is 204 g/mol. The zero-order valence-electron chi connectivity index (χ0n) is 8.27. The van der Waals surface area contributed by atoms with Gasteiger partial charge in [-0.25, -0.2) is 4.79 Å². The van der Waals surface area contributed by atoms with Gasteiger partial charge in [0, 0.05) is 23.2 Å². The van der Waals surface area contributed by atoms with Crippen molar-refractivity contribution in [2.24, 2.45) is 0 Å². The Labute approximate surface area is 90.5 Å². The van der Waals surface area contributed by atoms with Gasteiger partial charge in [0.25, 0.3) is 0 Å². The van der Waals surface area contributed by atoms with Gasteiger partial charge in [0.2, 0.25) is 0 Å². The number of H-pyrrole nitrogens is 1. The molecule has 78 valence electrons. The van der Waals surface area contributed by atoms with Crippen molar-refractivity contribution in [3.63, 3.8) is 0 Å². The first kappa shape index (κ1) is 8.91. The van der Waals surface area contributed by atoms with Gasteiger partial charge in [-0.3, -0.25) is 4.98 Å². The third-order valence-electron chi connectivity index (χ3n) is 2.65. The van der Waals surface area contributed by atoms with Crippen LogP contribution in [-0.2, 0) is 0 Å². The van der Waals surface area contributed by atoms with Crippen molar-refractivity contribution < 1.29 is 9.90 Å². The minimum absolute atomic E-state index is 0.245. The van der Waals surface area contributed by atoms with Crippen LogP contribution in [0, 0.1) is 0 Å². The molecule has 0 unspecified atom stereocenters. The molecule has 0 saturated heterocycles. The number of aromatic carboxylic acids is 1. The highest BCUT2D eigenvalue weighted by Crippen LogP contribution is 2.25. The fraction of sp³-hybridized carbons (Fsp3) is 0. The fourth-order valence-electron chi connectivity index (χ4n) is 1.90. The third-order valence-corrected chi connectivity index (χ3v) is 2.65. The summed E-state index contributed by atoms with van der Waals surface area (Å²) in [5, 5.41) is 10.7. The summed E-state index contributed by atoms with van der Waals surface area (Å²) >= 11 is 0. The molecule has 2 heterocycles. The van der Waals surface area contributed by atoms with E-state index >= 15 is 0 Å². The molecule has 4 heteroatoms.